The molecule has 0 amide bonds. The number of ether oxygens (including phenoxy) is 2. The fourth-order valence-corrected chi connectivity index (χ4v) is 4.47. The minimum Gasteiger partial charge on any atom is -0.462 e. The van der Waals surface area contributed by atoms with Crippen LogP contribution in [-0.2, 0) is 31.9 Å². The highest BCUT2D eigenvalue weighted by molar-refractivity contribution is 5.87. The molecule has 0 aromatic heterocycles. The van der Waals surface area contributed by atoms with E-state index in [0.717, 1.165) is 12.8 Å². The van der Waals surface area contributed by atoms with Gasteiger partial charge in [0.1, 0.15) is 0 Å². The molecule has 0 saturated carbocycles. The zero-order valence-corrected chi connectivity index (χ0v) is 32.0. The van der Waals surface area contributed by atoms with Crippen molar-refractivity contribution in [2.24, 2.45) is 0 Å². The van der Waals surface area contributed by atoms with Crippen LogP contribution in [-0.4, -0.2) is 25.2 Å². The van der Waals surface area contributed by atoms with Crippen molar-refractivity contribution < 1.29 is 19.1 Å². The average Bonchev–Trinajstić information content (AvgIpc) is 3.09. The van der Waals surface area contributed by atoms with Gasteiger partial charge in [-0.15, -0.1) is 0 Å². The Morgan fingerprint density at radius 1 is 0.442 bits per heavy atom. The highest BCUT2D eigenvalue weighted by atomic mass is 16.5. The van der Waals surface area contributed by atoms with Gasteiger partial charge in [0.2, 0.25) is 0 Å². The summed E-state index contributed by atoms with van der Waals surface area (Å²) in [6.07, 6.45) is 24.4. The number of unbranched alkanes of at least 4 members (excludes halogenated alkanes) is 14. The van der Waals surface area contributed by atoms with Gasteiger partial charge in [0.25, 0.3) is 0 Å². The molecule has 2 rings (SSSR count). The molecule has 0 heterocycles. The van der Waals surface area contributed by atoms with Gasteiger partial charge in [0, 0.05) is 24.0 Å². The van der Waals surface area contributed by atoms with Crippen LogP contribution < -0.4 is 0 Å². The Kier molecular flexibility index (Phi) is 56.1. The summed E-state index contributed by atoms with van der Waals surface area (Å²) in [6.45, 7) is 20.2. The van der Waals surface area contributed by atoms with Crippen LogP contribution in [0.1, 0.15) is 185 Å². The Balaban J connectivity index is -0.000000134. The van der Waals surface area contributed by atoms with E-state index < -0.39 is 0 Å². The molecule has 0 radical (unpaired) electrons. The average molecular weight is 729 g/mol. The summed E-state index contributed by atoms with van der Waals surface area (Å²) < 4.78 is 9.94. The van der Waals surface area contributed by atoms with Crippen molar-refractivity contribution in [2.75, 3.05) is 13.2 Å². The van der Waals surface area contributed by atoms with E-state index in [1.165, 1.54) is 114 Å². The lowest BCUT2D eigenvalue weighted by Gasteiger charge is -2.03. The predicted octanol–water partition coefficient (Wildman–Crippen LogP) is 15.5. The third-order valence-corrected chi connectivity index (χ3v) is 7.54. The first-order valence-electron chi connectivity index (χ1n) is 19.0. The molecular formula is C48H88O4. The van der Waals surface area contributed by atoms with Crippen molar-refractivity contribution in [3.63, 3.8) is 0 Å². The molecule has 52 heavy (non-hydrogen) atoms. The number of rotatable bonds is 22. The number of carbonyl (C=O) groups excluding carboxylic acids is 2. The van der Waals surface area contributed by atoms with Gasteiger partial charge in [-0.05, 0) is 25.0 Å². The molecule has 0 atom stereocenters. The van der Waals surface area contributed by atoms with Gasteiger partial charge in [-0.2, -0.15) is 0 Å². The van der Waals surface area contributed by atoms with Gasteiger partial charge in [-0.3, -0.25) is 0 Å². The first-order chi connectivity index (χ1) is 23.2. The van der Waals surface area contributed by atoms with Crippen molar-refractivity contribution in [3.05, 3.63) is 96.1 Å². The third-order valence-electron chi connectivity index (χ3n) is 7.54. The van der Waals surface area contributed by atoms with Crippen LogP contribution in [0.25, 0.3) is 0 Å². The Morgan fingerprint density at radius 3 is 0.885 bits per heavy atom. The van der Waals surface area contributed by atoms with Crippen LogP contribution in [0.3, 0.4) is 0 Å². The Labute approximate surface area is 326 Å². The zero-order valence-electron chi connectivity index (χ0n) is 32.0. The molecule has 4 nitrogen and oxygen atoms in total. The van der Waals surface area contributed by atoms with Crippen LogP contribution >= 0.6 is 0 Å². The molecule has 0 unspecified atom stereocenters. The third kappa shape index (κ3) is 44.9. The van der Waals surface area contributed by atoms with E-state index in [2.05, 4.69) is 40.9 Å². The van der Waals surface area contributed by atoms with Crippen LogP contribution in [0, 0.1) is 0 Å². The van der Waals surface area contributed by atoms with E-state index in [0.29, 0.717) is 24.4 Å². The van der Waals surface area contributed by atoms with Crippen molar-refractivity contribution >= 4 is 11.9 Å². The summed E-state index contributed by atoms with van der Waals surface area (Å²) in [5, 5.41) is 0. The van der Waals surface area contributed by atoms with Gasteiger partial charge in [-0.1, -0.05) is 234 Å². The molecule has 0 fully saturated rings. The molecule has 0 bridgehead atoms. The molecule has 304 valence electrons. The lowest BCUT2D eigenvalue weighted by Crippen LogP contribution is -2.07. The summed E-state index contributed by atoms with van der Waals surface area (Å²) in [7, 11) is 0. The van der Waals surface area contributed by atoms with Crippen molar-refractivity contribution in [2.45, 2.75) is 187 Å². The SMILES string of the molecule is C.C.C.C.C=C(C)C(=O)OCCc1ccccc1.C=C(C)C(=O)OCCc1ccccc1.CCCCCCCCCC.CCCCCCCCCC. The standard InChI is InChI=1S/2C12H14O2.2C10H22.4CH4/c2*1-10(2)12(13)14-9-8-11-6-4-3-5-7-11;2*1-3-5-7-9-10-8-6-4-2;;;;/h2*3-7H,1,8-9H2,2H3;2*3-10H2,1-2H3;4*1H4. The molecule has 4 heteroatoms. The number of esters is 2. The summed E-state index contributed by atoms with van der Waals surface area (Å²) >= 11 is 0. The van der Waals surface area contributed by atoms with E-state index in [-0.39, 0.29) is 41.6 Å². The first-order valence-corrected chi connectivity index (χ1v) is 19.0. The normalized spacial score (nSPS) is 9.04. The summed E-state index contributed by atoms with van der Waals surface area (Å²) in [5.74, 6) is -0.637. The largest absolute Gasteiger partial charge is 0.462 e. The number of benzene rings is 2. The van der Waals surface area contributed by atoms with E-state index in [4.69, 9.17) is 9.47 Å². The number of carbonyl (C=O) groups is 2. The molecule has 0 saturated heterocycles. The van der Waals surface area contributed by atoms with Crippen LogP contribution in [0.2, 0.25) is 0 Å². The lowest BCUT2D eigenvalue weighted by atomic mass is 10.1. The second-order valence-corrected chi connectivity index (χ2v) is 12.5. The number of hydrogen-bond acceptors (Lipinski definition) is 4. The van der Waals surface area contributed by atoms with Gasteiger partial charge in [-0.25, -0.2) is 9.59 Å². The van der Waals surface area contributed by atoms with Crippen molar-refractivity contribution in [3.8, 4) is 0 Å². The minimum absolute atomic E-state index is 0. The van der Waals surface area contributed by atoms with E-state index in [1.807, 2.05) is 60.7 Å². The molecular weight excluding hydrogens is 641 g/mol. The summed E-state index contributed by atoms with van der Waals surface area (Å²) in [5.41, 5.74) is 3.22. The monoisotopic (exact) mass is 729 g/mol. The molecule has 0 aliphatic carbocycles. The van der Waals surface area contributed by atoms with E-state index >= 15 is 0 Å². The van der Waals surface area contributed by atoms with Crippen molar-refractivity contribution in [1.29, 1.82) is 0 Å². The van der Waals surface area contributed by atoms with E-state index in [1.54, 1.807) is 13.8 Å². The van der Waals surface area contributed by atoms with Gasteiger partial charge >= 0.3 is 11.9 Å². The first kappa shape index (κ1) is 60.9. The predicted molar refractivity (Wildman–Crippen MR) is 235 cm³/mol. The molecule has 0 aliphatic rings. The fraction of sp³-hybridized carbons (Fsp3) is 0.625. The molecule has 0 spiro atoms. The van der Waals surface area contributed by atoms with Crippen molar-refractivity contribution in [1.82, 2.24) is 0 Å². The Hall–Kier alpha value is -3.14. The van der Waals surface area contributed by atoms with Crippen LogP contribution in [0.15, 0.2) is 85.0 Å². The topological polar surface area (TPSA) is 52.6 Å². The maximum Gasteiger partial charge on any atom is 0.333 e. The zero-order chi connectivity index (χ0) is 36.1. The van der Waals surface area contributed by atoms with Gasteiger partial charge in [0.15, 0.2) is 0 Å². The Bertz CT molecular complexity index is 914. The molecule has 2 aromatic rings. The minimum atomic E-state index is -0.319. The maximum atomic E-state index is 11.0. The smallest absolute Gasteiger partial charge is 0.333 e. The Morgan fingerprint density at radius 2 is 0.673 bits per heavy atom. The molecule has 0 N–H and O–H groups in total. The second-order valence-electron chi connectivity index (χ2n) is 12.5. The van der Waals surface area contributed by atoms with Gasteiger partial charge < -0.3 is 9.47 Å². The van der Waals surface area contributed by atoms with E-state index in [9.17, 15) is 9.59 Å². The number of hydrogen-bond donors (Lipinski definition) is 0. The highest BCUT2D eigenvalue weighted by Crippen LogP contribution is 2.08. The van der Waals surface area contributed by atoms with Gasteiger partial charge in [0.05, 0.1) is 13.2 Å². The van der Waals surface area contributed by atoms with Crippen LogP contribution in [0.4, 0.5) is 0 Å². The van der Waals surface area contributed by atoms with Crippen LogP contribution in [0.5, 0.6) is 0 Å². The molecule has 0 aliphatic heterocycles. The quantitative estimate of drug-likeness (QED) is 0.0688. The highest BCUT2D eigenvalue weighted by Gasteiger charge is 2.03. The lowest BCUT2D eigenvalue weighted by molar-refractivity contribution is -0.139. The fourth-order valence-electron chi connectivity index (χ4n) is 4.47. The maximum absolute atomic E-state index is 11.0. The summed E-state index contributed by atoms with van der Waals surface area (Å²) in [6, 6.07) is 19.8. The second kappa shape index (κ2) is 47.9. The summed E-state index contributed by atoms with van der Waals surface area (Å²) in [4.78, 5) is 22.0. The molecule has 2 aromatic carbocycles.